The lowest BCUT2D eigenvalue weighted by atomic mass is 9.55. The minimum absolute atomic E-state index is 0.0111. The topological polar surface area (TPSA) is 113 Å². The minimum atomic E-state index is -4.91. The molecule has 8 nitrogen and oxygen atoms in total. The van der Waals surface area contributed by atoms with Crippen molar-refractivity contribution in [2.75, 3.05) is 26.9 Å². The number of ketones is 1. The fourth-order valence-corrected chi connectivity index (χ4v) is 6.84. The molecule has 0 spiro atoms. The number of methoxy groups -OCH3 is 1. The summed E-state index contributed by atoms with van der Waals surface area (Å²) < 4.78 is 54.8. The zero-order valence-electron chi connectivity index (χ0n) is 25.2. The molecule has 3 rings (SSSR count). The number of hydrogen-bond acceptors (Lipinski definition) is 6. The molecule has 3 aliphatic rings. The zero-order chi connectivity index (χ0) is 31.3. The first-order chi connectivity index (χ1) is 18.7. The van der Waals surface area contributed by atoms with Crippen LogP contribution in [0, 0.1) is 27.6 Å². The molecule has 0 aromatic rings. The summed E-state index contributed by atoms with van der Waals surface area (Å²) in [7, 11) is 1.48. The molecule has 11 heteroatoms. The number of hydrogen-bond donors (Lipinski definition) is 2. The first-order valence-electron chi connectivity index (χ1n) is 14.1. The van der Waals surface area contributed by atoms with Crippen molar-refractivity contribution in [2.24, 2.45) is 27.6 Å². The highest BCUT2D eigenvalue weighted by Gasteiger charge is 2.69. The van der Waals surface area contributed by atoms with Crippen molar-refractivity contribution in [3.8, 4) is 0 Å². The molecular weight excluding hydrogens is 543 g/mol. The van der Waals surface area contributed by atoms with Crippen LogP contribution in [0.4, 0.5) is 13.2 Å². The van der Waals surface area contributed by atoms with E-state index in [1.54, 1.807) is 20.8 Å². The van der Waals surface area contributed by atoms with Crippen LogP contribution >= 0.6 is 0 Å². The lowest BCUT2D eigenvalue weighted by Crippen LogP contribution is -2.67. The van der Waals surface area contributed by atoms with E-state index in [0.29, 0.717) is 30.6 Å². The summed E-state index contributed by atoms with van der Waals surface area (Å²) in [5.41, 5.74) is -7.00. The number of fused-ring (bicyclic) bond motifs is 3. The molecule has 0 aromatic carbocycles. The smallest absolute Gasteiger partial charge is 0.395 e. The van der Waals surface area contributed by atoms with Crippen LogP contribution in [0.25, 0.3) is 0 Å². The third-order valence-corrected chi connectivity index (χ3v) is 9.75. The van der Waals surface area contributed by atoms with Crippen molar-refractivity contribution in [3.63, 3.8) is 0 Å². The first-order valence-corrected chi connectivity index (χ1v) is 14.1. The lowest BCUT2D eigenvalue weighted by Gasteiger charge is -2.57. The maximum atomic E-state index is 14.6. The number of alkyl halides is 3. The van der Waals surface area contributed by atoms with E-state index in [0.717, 1.165) is 13.8 Å². The summed E-state index contributed by atoms with van der Waals surface area (Å²) in [6, 6.07) is -0.985. The number of nitrogens with zero attached hydrogens (tertiary/aromatic N) is 1. The molecule has 0 radical (unpaired) electrons. The van der Waals surface area contributed by atoms with Crippen molar-refractivity contribution in [1.29, 1.82) is 0 Å². The largest absolute Gasteiger partial charge is 0.480 e. The van der Waals surface area contributed by atoms with Gasteiger partial charge in [-0.15, -0.1) is 0 Å². The molecule has 41 heavy (non-hydrogen) atoms. The number of ether oxygens (including phenoxy) is 2. The van der Waals surface area contributed by atoms with Gasteiger partial charge in [0.15, 0.2) is 5.78 Å². The fourth-order valence-electron chi connectivity index (χ4n) is 6.84. The third kappa shape index (κ3) is 5.16. The standard InChI is InChI=1S/C30H44F3NO7/c1-17(2)20-12-18-13-23(41-11-9-10-40-8)28(24(36)37,27(6,7)30(31,32)33)15-19(18)21-14-22(35)29(25(38)39,16-34(20)21)26(3,4)5/h13,15,17,20-21,23H,9-12,14,16H2,1-8H3,(H,36,37)(H,38,39). The highest BCUT2D eigenvalue weighted by Crippen LogP contribution is 2.59. The molecular formula is C30H44F3NO7. The van der Waals surface area contributed by atoms with Crippen LogP contribution in [0.2, 0.25) is 0 Å². The van der Waals surface area contributed by atoms with E-state index < -0.39 is 57.7 Å². The van der Waals surface area contributed by atoms with Gasteiger partial charge in [-0.1, -0.05) is 46.8 Å². The zero-order valence-corrected chi connectivity index (χ0v) is 25.2. The Balaban J connectivity index is 2.26. The van der Waals surface area contributed by atoms with Crippen LogP contribution < -0.4 is 0 Å². The number of halogens is 3. The second-order valence-electron chi connectivity index (χ2n) is 13.5. The molecule has 0 amide bonds. The molecule has 2 fully saturated rings. The minimum Gasteiger partial charge on any atom is -0.480 e. The molecule has 0 bridgehead atoms. The van der Waals surface area contributed by atoms with Crippen molar-refractivity contribution < 1.29 is 47.2 Å². The number of carbonyl (C=O) groups excluding carboxylic acids is 1. The molecule has 2 aliphatic heterocycles. The molecule has 232 valence electrons. The molecule has 5 unspecified atom stereocenters. The van der Waals surface area contributed by atoms with E-state index in [9.17, 15) is 37.8 Å². The number of rotatable bonds is 9. The summed E-state index contributed by atoms with van der Waals surface area (Å²) in [6.07, 6.45) is -3.21. The maximum absolute atomic E-state index is 14.6. The van der Waals surface area contributed by atoms with E-state index in [4.69, 9.17) is 9.47 Å². The quantitative estimate of drug-likeness (QED) is 0.282. The number of carbonyl (C=O) groups is 3. The summed E-state index contributed by atoms with van der Waals surface area (Å²) in [4.78, 5) is 41.4. The first kappa shape index (κ1) is 33.3. The average molecular weight is 588 g/mol. The highest BCUT2D eigenvalue weighted by molar-refractivity contribution is 6.05. The van der Waals surface area contributed by atoms with Gasteiger partial charge in [0.1, 0.15) is 10.8 Å². The Morgan fingerprint density at radius 3 is 2.15 bits per heavy atom. The maximum Gasteiger partial charge on any atom is 0.395 e. The van der Waals surface area contributed by atoms with Crippen LogP contribution in [0.5, 0.6) is 0 Å². The normalized spacial score (nSPS) is 31.3. The number of carboxylic acids is 2. The highest BCUT2D eigenvalue weighted by atomic mass is 19.4. The van der Waals surface area contributed by atoms with Gasteiger partial charge in [0.2, 0.25) is 0 Å². The fraction of sp³-hybridized carbons (Fsp3) is 0.767. The number of Topliss-reactive ketones (excluding diaryl/α,β-unsaturated/α-hetero) is 1. The predicted molar refractivity (Wildman–Crippen MR) is 145 cm³/mol. The van der Waals surface area contributed by atoms with Gasteiger partial charge in [0.05, 0.1) is 11.5 Å². The van der Waals surface area contributed by atoms with Gasteiger partial charge in [-0.05, 0) is 49.2 Å². The Labute approximate surface area is 239 Å². The molecule has 0 saturated carbocycles. The second kappa shape index (κ2) is 11.1. The number of piperidine rings is 2. The monoisotopic (exact) mass is 587 g/mol. The lowest BCUT2D eigenvalue weighted by molar-refractivity contribution is -0.259. The van der Waals surface area contributed by atoms with Crippen molar-refractivity contribution in [2.45, 2.75) is 92.1 Å². The van der Waals surface area contributed by atoms with E-state index in [1.165, 1.54) is 19.3 Å². The molecule has 0 aromatic heterocycles. The summed E-state index contributed by atoms with van der Waals surface area (Å²) in [6.45, 7) is 10.9. The van der Waals surface area contributed by atoms with E-state index in [1.807, 2.05) is 18.7 Å². The summed E-state index contributed by atoms with van der Waals surface area (Å²) in [5, 5.41) is 20.9. The second-order valence-corrected chi connectivity index (χ2v) is 13.5. The van der Waals surface area contributed by atoms with Crippen molar-refractivity contribution >= 4 is 17.7 Å². The van der Waals surface area contributed by atoms with Crippen LogP contribution in [0.1, 0.15) is 67.7 Å². The molecule has 5 atom stereocenters. The van der Waals surface area contributed by atoms with Gasteiger partial charge < -0.3 is 19.7 Å². The Morgan fingerprint density at radius 2 is 1.68 bits per heavy atom. The van der Waals surface area contributed by atoms with Gasteiger partial charge in [-0.2, -0.15) is 13.2 Å². The Hall–Kier alpha value is -2.24. The van der Waals surface area contributed by atoms with Crippen LogP contribution in [-0.2, 0) is 23.9 Å². The summed E-state index contributed by atoms with van der Waals surface area (Å²) in [5.74, 6) is -3.43. The van der Waals surface area contributed by atoms with Gasteiger partial charge in [-0.25, -0.2) is 0 Å². The Morgan fingerprint density at radius 1 is 1.07 bits per heavy atom. The molecule has 2 saturated heterocycles. The van der Waals surface area contributed by atoms with Gasteiger partial charge >= 0.3 is 18.1 Å². The van der Waals surface area contributed by atoms with E-state index in [-0.39, 0.29) is 31.5 Å². The Bertz CT molecular complexity index is 1120. The summed E-state index contributed by atoms with van der Waals surface area (Å²) >= 11 is 0. The predicted octanol–water partition coefficient (Wildman–Crippen LogP) is 5.12. The molecule has 2 heterocycles. The molecule has 2 N–H and O–H groups in total. The van der Waals surface area contributed by atoms with Gasteiger partial charge in [0.25, 0.3) is 0 Å². The average Bonchev–Trinajstić information content (AvgIpc) is 2.83. The van der Waals surface area contributed by atoms with Gasteiger partial charge in [-0.3, -0.25) is 19.3 Å². The van der Waals surface area contributed by atoms with E-state index >= 15 is 0 Å². The third-order valence-electron chi connectivity index (χ3n) is 9.75. The SMILES string of the molecule is COCCCOC1C=C2CC(C(C)C)N3CC(C(=O)O)(C(C)(C)C)C(=O)CC3C2=CC1(C(=O)O)C(C)(C)C(F)(F)F. The molecule has 1 aliphatic carbocycles. The van der Waals surface area contributed by atoms with Crippen molar-refractivity contribution in [1.82, 2.24) is 4.90 Å². The number of carboxylic acid groups (broad SMARTS) is 2. The van der Waals surface area contributed by atoms with Crippen LogP contribution in [-0.4, -0.2) is 84.1 Å². The Kier molecular flexibility index (Phi) is 9.02. The van der Waals surface area contributed by atoms with Crippen molar-refractivity contribution in [3.05, 3.63) is 23.3 Å². The van der Waals surface area contributed by atoms with Gasteiger partial charge in [0, 0.05) is 45.4 Å². The van der Waals surface area contributed by atoms with Crippen LogP contribution in [0.3, 0.4) is 0 Å². The van der Waals surface area contributed by atoms with E-state index in [2.05, 4.69) is 0 Å². The number of aliphatic carboxylic acids is 2. The van der Waals surface area contributed by atoms with Crippen LogP contribution in [0.15, 0.2) is 23.3 Å².